The fraction of sp³-hybridized carbons (Fsp3) is 0.407. The second-order valence-corrected chi connectivity index (χ2v) is 11.3. The molecule has 0 aliphatic heterocycles. The van der Waals surface area contributed by atoms with E-state index < -0.39 is 0 Å². The third kappa shape index (κ3) is 6.24. The minimum atomic E-state index is -0.0351. The molecule has 6 heteroatoms. The average molecular weight is 528 g/mol. The number of fused-ring (bicyclic) bond motifs is 1. The highest BCUT2D eigenvalue weighted by molar-refractivity contribution is 9.10. The van der Waals surface area contributed by atoms with Gasteiger partial charge in [0, 0.05) is 17.4 Å². The Hall–Kier alpha value is -2.18. The quantitative estimate of drug-likeness (QED) is 0.323. The number of aromatic nitrogens is 1. The summed E-state index contributed by atoms with van der Waals surface area (Å²) in [6.07, 6.45) is 5.91. The predicted octanol–water partition coefficient (Wildman–Crippen LogP) is 7.55. The number of ether oxygens (including phenoxy) is 1. The molecule has 0 bridgehead atoms. The van der Waals surface area contributed by atoms with Gasteiger partial charge in [-0.15, -0.1) is 11.3 Å². The Labute approximate surface area is 208 Å². The third-order valence-corrected chi connectivity index (χ3v) is 7.38. The lowest BCUT2D eigenvalue weighted by Crippen LogP contribution is -2.13. The highest BCUT2D eigenvalue weighted by atomic mass is 79.9. The smallest absolute Gasteiger partial charge is 0.226 e. The first-order valence-corrected chi connectivity index (χ1v) is 13.3. The standard InChI is InChI=1S/C27H31BrN2O2S/c1-27(2,3)21-12-13-24(22(28)16-21)32-14-6-9-25(31)30-26-29-23(17-33-26)20-11-10-18-7-4-5-8-19(18)15-20/h10-13,15-17H,4-9,14H2,1-3H3,(H,29,30,31). The summed E-state index contributed by atoms with van der Waals surface area (Å²) in [5.41, 5.74) is 6.30. The second kappa shape index (κ2) is 10.4. The molecule has 174 valence electrons. The maximum atomic E-state index is 12.4. The van der Waals surface area contributed by atoms with Crippen LogP contribution in [0.2, 0.25) is 0 Å². The van der Waals surface area contributed by atoms with Crippen LogP contribution < -0.4 is 10.1 Å². The third-order valence-electron chi connectivity index (χ3n) is 6.00. The fourth-order valence-electron chi connectivity index (χ4n) is 4.04. The number of carbonyl (C=O) groups is 1. The van der Waals surface area contributed by atoms with Crippen molar-refractivity contribution in [2.24, 2.45) is 0 Å². The summed E-state index contributed by atoms with van der Waals surface area (Å²) in [4.78, 5) is 17.0. The summed E-state index contributed by atoms with van der Waals surface area (Å²) in [5, 5.41) is 5.60. The Kier molecular flexibility index (Phi) is 7.55. The van der Waals surface area contributed by atoms with Crippen LogP contribution in [0.15, 0.2) is 46.3 Å². The van der Waals surface area contributed by atoms with Crippen molar-refractivity contribution in [3.63, 3.8) is 0 Å². The Morgan fingerprint density at radius 1 is 1.12 bits per heavy atom. The Bertz CT molecular complexity index is 1130. The molecule has 0 radical (unpaired) electrons. The fourth-order valence-corrected chi connectivity index (χ4v) is 5.27. The number of anilines is 1. The van der Waals surface area contributed by atoms with E-state index >= 15 is 0 Å². The normalized spacial score (nSPS) is 13.5. The lowest BCUT2D eigenvalue weighted by atomic mass is 9.87. The molecule has 0 unspecified atom stereocenters. The zero-order chi connectivity index (χ0) is 23.4. The molecule has 1 N–H and O–H groups in total. The van der Waals surface area contributed by atoms with Gasteiger partial charge in [0.15, 0.2) is 5.13 Å². The highest BCUT2D eigenvalue weighted by Gasteiger charge is 2.16. The van der Waals surface area contributed by atoms with Gasteiger partial charge in [0.25, 0.3) is 0 Å². The lowest BCUT2D eigenvalue weighted by molar-refractivity contribution is -0.116. The van der Waals surface area contributed by atoms with Gasteiger partial charge in [-0.1, -0.05) is 39.0 Å². The van der Waals surface area contributed by atoms with E-state index in [-0.39, 0.29) is 11.3 Å². The molecular formula is C27H31BrN2O2S. The van der Waals surface area contributed by atoms with E-state index in [0.717, 1.165) is 27.9 Å². The van der Waals surface area contributed by atoms with Gasteiger partial charge in [0.05, 0.1) is 16.8 Å². The minimum absolute atomic E-state index is 0.0351. The molecule has 33 heavy (non-hydrogen) atoms. The summed E-state index contributed by atoms with van der Waals surface area (Å²) in [5.74, 6) is 0.769. The van der Waals surface area contributed by atoms with E-state index in [0.29, 0.717) is 24.6 Å². The summed E-state index contributed by atoms with van der Waals surface area (Å²) in [7, 11) is 0. The van der Waals surface area contributed by atoms with E-state index in [4.69, 9.17) is 4.74 Å². The van der Waals surface area contributed by atoms with E-state index in [1.807, 2.05) is 11.4 Å². The van der Waals surface area contributed by atoms with Crippen molar-refractivity contribution >= 4 is 38.3 Å². The Morgan fingerprint density at radius 2 is 1.91 bits per heavy atom. The van der Waals surface area contributed by atoms with Gasteiger partial charge in [-0.05, 0) is 88.3 Å². The molecule has 1 heterocycles. The molecule has 3 aromatic rings. The molecule has 0 atom stereocenters. The Morgan fingerprint density at radius 3 is 2.67 bits per heavy atom. The zero-order valence-electron chi connectivity index (χ0n) is 19.5. The van der Waals surface area contributed by atoms with E-state index in [1.165, 1.54) is 47.3 Å². The number of aryl methyl sites for hydroxylation is 2. The average Bonchev–Trinajstić information content (AvgIpc) is 3.25. The number of nitrogens with one attached hydrogen (secondary N) is 1. The van der Waals surface area contributed by atoms with Gasteiger partial charge >= 0.3 is 0 Å². The largest absolute Gasteiger partial charge is 0.492 e. The summed E-state index contributed by atoms with van der Waals surface area (Å²) < 4.78 is 6.81. The van der Waals surface area contributed by atoms with Crippen molar-refractivity contribution in [3.05, 3.63) is 62.9 Å². The van der Waals surface area contributed by atoms with E-state index in [9.17, 15) is 4.79 Å². The molecule has 4 rings (SSSR count). The highest BCUT2D eigenvalue weighted by Crippen LogP contribution is 2.32. The van der Waals surface area contributed by atoms with Gasteiger partial charge in [-0.25, -0.2) is 4.98 Å². The van der Waals surface area contributed by atoms with Crippen molar-refractivity contribution in [1.29, 1.82) is 0 Å². The first kappa shape index (κ1) is 24.0. The van der Waals surface area contributed by atoms with Crippen LogP contribution in [0.3, 0.4) is 0 Å². The topological polar surface area (TPSA) is 51.2 Å². The molecule has 2 aromatic carbocycles. The zero-order valence-corrected chi connectivity index (χ0v) is 21.9. The van der Waals surface area contributed by atoms with Crippen LogP contribution in [-0.4, -0.2) is 17.5 Å². The first-order valence-electron chi connectivity index (χ1n) is 11.6. The lowest BCUT2D eigenvalue weighted by Gasteiger charge is -2.20. The number of hydrogen-bond donors (Lipinski definition) is 1. The monoisotopic (exact) mass is 526 g/mol. The summed E-state index contributed by atoms with van der Waals surface area (Å²) in [6, 6.07) is 12.8. The summed E-state index contributed by atoms with van der Waals surface area (Å²) in [6.45, 7) is 7.05. The van der Waals surface area contributed by atoms with Crippen LogP contribution in [0.5, 0.6) is 5.75 Å². The molecule has 0 fully saturated rings. The van der Waals surface area contributed by atoms with Gasteiger partial charge in [-0.3, -0.25) is 4.79 Å². The molecular weight excluding hydrogens is 496 g/mol. The van der Waals surface area contributed by atoms with Gasteiger partial charge in [0.2, 0.25) is 5.91 Å². The number of carbonyl (C=O) groups excluding carboxylic acids is 1. The van der Waals surface area contributed by atoms with Gasteiger partial charge in [-0.2, -0.15) is 0 Å². The molecule has 0 spiro atoms. The van der Waals surface area contributed by atoms with Crippen LogP contribution in [0.1, 0.15) is 63.1 Å². The number of amides is 1. The van der Waals surface area contributed by atoms with Crippen molar-refractivity contribution in [2.75, 3.05) is 11.9 Å². The maximum Gasteiger partial charge on any atom is 0.226 e. The minimum Gasteiger partial charge on any atom is -0.492 e. The van der Waals surface area contributed by atoms with Crippen LogP contribution in [0.4, 0.5) is 5.13 Å². The van der Waals surface area contributed by atoms with Crippen LogP contribution in [-0.2, 0) is 23.1 Å². The number of benzene rings is 2. The number of halogens is 1. The number of thiazole rings is 1. The van der Waals surface area contributed by atoms with Crippen molar-refractivity contribution in [2.45, 2.75) is 64.7 Å². The van der Waals surface area contributed by atoms with E-state index in [2.05, 4.69) is 77.3 Å². The molecule has 1 amide bonds. The van der Waals surface area contributed by atoms with Gasteiger partial charge in [0.1, 0.15) is 5.75 Å². The number of nitrogens with zero attached hydrogens (tertiary/aromatic N) is 1. The van der Waals surface area contributed by atoms with Crippen LogP contribution in [0, 0.1) is 0 Å². The summed E-state index contributed by atoms with van der Waals surface area (Å²) >= 11 is 5.07. The maximum absolute atomic E-state index is 12.4. The molecule has 0 saturated heterocycles. The predicted molar refractivity (Wildman–Crippen MR) is 140 cm³/mol. The molecule has 1 aliphatic rings. The molecule has 1 aromatic heterocycles. The SMILES string of the molecule is CC(C)(C)c1ccc(OCCCC(=O)Nc2nc(-c3ccc4c(c3)CCCC4)cs2)c(Br)c1. The van der Waals surface area contributed by atoms with Crippen LogP contribution >= 0.6 is 27.3 Å². The number of rotatable bonds is 7. The van der Waals surface area contributed by atoms with Crippen molar-refractivity contribution < 1.29 is 9.53 Å². The van der Waals surface area contributed by atoms with E-state index in [1.54, 1.807) is 0 Å². The molecule has 4 nitrogen and oxygen atoms in total. The second-order valence-electron chi connectivity index (χ2n) is 9.62. The van der Waals surface area contributed by atoms with Crippen LogP contribution in [0.25, 0.3) is 11.3 Å². The molecule has 1 aliphatic carbocycles. The molecule has 0 saturated carbocycles. The van der Waals surface area contributed by atoms with Crippen molar-refractivity contribution in [3.8, 4) is 17.0 Å². The Balaban J connectivity index is 1.25. The van der Waals surface area contributed by atoms with Gasteiger partial charge < -0.3 is 10.1 Å². The van der Waals surface area contributed by atoms with Crippen molar-refractivity contribution in [1.82, 2.24) is 4.98 Å². The number of hydrogen-bond acceptors (Lipinski definition) is 4. The first-order chi connectivity index (χ1) is 15.8.